The first-order valence-corrected chi connectivity index (χ1v) is 7.47. The third kappa shape index (κ3) is 1.91. The lowest BCUT2D eigenvalue weighted by Crippen LogP contribution is -2.62. The van der Waals surface area contributed by atoms with Crippen LogP contribution in [0, 0.1) is 0 Å². The van der Waals surface area contributed by atoms with Gasteiger partial charge >= 0.3 is 0 Å². The van der Waals surface area contributed by atoms with Gasteiger partial charge in [-0.15, -0.1) is 0 Å². The van der Waals surface area contributed by atoms with Gasteiger partial charge in [0.05, 0.1) is 7.11 Å². The molecule has 0 atom stereocenters. The Kier molecular flexibility index (Phi) is 2.94. The van der Waals surface area contributed by atoms with Crippen molar-refractivity contribution in [1.29, 1.82) is 0 Å². The van der Waals surface area contributed by atoms with Crippen LogP contribution in [0.25, 0.3) is 0 Å². The minimum atomic E-state index is -0.344. The van der Waals surface area contributed by atoms with E-state index < -0.39 is 0 Å². The number of nitrogens with one attached hydrogen (secondary N) is 1. The summed E-state index contributed by atoms with van der Waals surface area (Å²) in [6.07, 6.45) is 0. The molecule has 0 aromatic heterocycles. The molecule has 1 spiro atoms. The highest BCUT2D eigenvalue weighted by Gasteiger charge is 2.54. The molecule has 2 aliphatic rings. The van der Waals surface area contributed by atoms with Crippen LogP contribution in [0.2, 0.25) is 0 Å². The molecule has 1 N–H and O–H groups in total. The highest BCUT2D eigenvalue weighted by Crippen LogP contribution is 2.44. The number of nitrogens with zero attached hydrogens (tertiary/aromatic N) is 1. The number of amides is 1. The van der Waals surface area contributed by atoms with Crippen molar-refractivity contribution in [1.82, 2.24) is 4.90 Å². The summed E-state index contributed by atoms with van der Waals surface area (Å²) in [5.41, 5.74) is 3.01. The van der Waals surface area contributed by atoms with E-state index in [1.54, 1.807) is 7.11 Å². The van der Waals surface area contributed by atoms with Gasteiger partial charge in [-0.2, -0.15) is 0 Å². The van der Waals surface area contributed by atoms with Crippen LogP contribution in [-0.2, 0) is 16.8 Å². The largest absolute Gasteiger partial charge is 0.497 e. The lowest BCUT2D eigenvalue weighted by Gasteiger charge is -2.46. The molecule has 0 radical (unpaired) electrons. The van der Waals surface area contributed by atoms with E-state index in [1.165, 1.54) is 5.56 Å². The first-order valence-electron chi connectivity index (χ1n) is 7.47. The van der Waals surface area contributed by atoms with Gasteiger partial charge in [0.15, 0.2) is 0 Å². The van der Waals surface area contributed by atoms with Crippen LogP contribution in [0.5, 0.6) is 5.75 Å². The van der Waals surface area contributed by atoms with Gasteiger partial charge < -0.3 is 10.1 Å². The van der Waals surface area contributed by atoms with Crippen LogP contribution in [-0.4, -0.2) is 31.0 Å². The smallest absolute Gasteiger partial charge is 0.237 e. The van der Waals surface area contributed by atoms with Crippen molar-refractivity contribution in [2.24, 2.45) is 0 Å². The van der Waals surface area contributed by atoms with Gasteiger partial charge in [0.2, 0.25) is 5.91 Å². The summed E-state index contributed by atoms with van der Waals surface area (Å²) in [5, 5.41) is 3.01. The number of hydrogen-bond acceptors (Lipinski definition) is 3. The molecule has 2 heterocycles. The minimum absolute atomic E-state index is 0.139. The lowest BCUT2D eigenvalue weighted by atomic mass is 9.74. The van der Waals surface area contributed by atoms with E-state index in [9.17, 15) is 4.79 Å². The zero-order valence-electron chi connectivity index (χ0n) is 12.5. The Morgan fingerprint density at radius 3 is 2.59 bits per heavy atom. The monoisotopic (exact) mass is 294 g/mol. The minimum Gasteiger partial charge on any atom is -0.497 e. The van der Waals surface area contributed by atoms with Crippen LogP contribution < -0.4 is 10.1 Å². The van der Waals surface area contributed by atoms with Gasteiger partial charge in [-0.05, 0) is 29.3 Å². The molecule has 0 unspecified atom stereocenters. The Labute approximate surface area is 129 Å². The van der Waals surface area contributed by atoms with Crippen molar-refractivity contribution in [3.8, 4) is 5.75 Å². The predicted octanol–water partition coefficient (Wildman–Crippen LogP) is 2.40. The Morgan fingerprint density at radius 2 is 1.86 bits per heavy atom. The normalized spacial score (nSPS) is 18.7. The predicted molar refractivity (Wildman–Crippen MR) is 85.0 cm³/mol. The van der Waals surface area contributed by atoms with E-state index in [2.05, 4.69) is 28.4 Å². The topological polar surface area (TPSA) is 41.6 Å². The van der Waals surface area contributed by atoms with Crippen molar-refractivity contribution >= 4 is 11.6 Å². The summed E-state index contributed by atoms with van der Waals surface area (Å²) in [4.78, 5) is 14.7. The molecule has 1 amide bonds. The number of hydrogen-bond donors (Lipinski definition) is 1. The van der Waals surface area contributed by atoms with Gasteiger partial charge in [0.1, 0.15) is 11.2 Å². The molecule has 2 aromatic rings. The molecule has 4 nitrogen and oxygen atoms in total. The number of fused-ring (bicyclic) bond motifs is 2. The molecule has 4 rings (SSSR count). The molecule has 2 aromatic carbocycles. The Bertz CT molecular complexity index is 718. The molecule has 0 bridgehead atoms. The van der Waals surface area contributed by atoms with E-state index in [1.807, 2.05) is 30.3 Å². The summed E-state index contributed by atoms with van der Waals surface area (Å²) in [6, 6.07) is 16.1. The number of anilines is 1. The summed E-state index contributed by atoms with van der Waals surface area (Å²) < 4.78 is 5.18. The van der Waals surface area contributed by atoms with Crippen LogP contribution in [0.3, 0.4) is 0 Å². The maximum absolute atomic E-state index is 12.4. The van der Waals surface area contributed by atoms with Gasteiger partial charge in [0, 0.05) is 25.3 Å². The quantitative estimate of drug-likeness (QED) is 0.945. The standard InChI is InChI=1S/C18H18N2O2/c1-22-14-8-6-13(7-9-14)10-20-11-18(12-20)15-4-2-3-5-16(15)19-17(18)21/h2-9H,10-12H2,1H3,(H,19,21). The van der Waals surface area contributed by atoms with Gasteiger partial charge in [-0.3, -0.25) is 9.69 Å². The number of carbonyl (C=O) groups excluding carboxylic acids is 1. The van der Waals surface area contributed by atoms with Crippen LogP contribution in [0.15, 0.2) is 48.5 Å². The Morgan fingerprint density at radius 1 is 1.14 bits per heavy atom. The lowest BCUT2D eigenvalue weighted by molar-refractivity contribution is -0.127. The zero-order chi connectivity index (χ0) is 15.2. The molecule has 1 saturated heterocycles. The molecule has 0 aliphatic carbocycles. The van der Waals surface area contributed by atoms with Crippen molar-refractivity contribution in [2.75, 3.05) is 25.5 Å². The first kappa shape index (κ1) is 13.3. The fourth-order valence-corrected chi connectivity index (χ4v) is 3.51. The van der Waals surface area contributed by atoms with Gasteiger partial charge in [0.25, 0.3) is 0 Å². The van der Waals surface area contributed by atoms with Crippen molar-refractivity contribution in [3.05, 3.63) is 59.7 Å². The Hall–Kier alpha value is -2.33. The molecular formula is C18H18N2O2. The summed E-state index contributed by atoms with van der Waals surface area (Å²) in [7, 11) is 1.67. The van der Waals surface area contributed by atoms with Crippen molar-refractivity contribution in [2.45, 2.75) is 12.0 Å². The van der Waals surface area contributed by atoms with Gasteiger partial charge in [-0.1, -0.05) is 30.3 Å². The summed E-state index contributed by atoms with van der Waals surface area (Å²) in [5.74, 6) is 1.01. The first-order chi connectivity index (χ1) is 10.7. The maximum atomic E-state index is 12.4. The average Bonchev–Trinajstić information content (AvgIpc) is 2.80. The maximum Gasteiger partial charge on any atom is 0.237 e. The second kappa shape index (κ2) is 4.85. The number of benzene rings is 2. The highest BCUT2D eigenvalue weighted by molar-refractivity contribution is 6.07. The summed E-state index contributed by atoms with van der Waals surface area (Å²) >= 11 is 0. The van der Waals surface area contributed by atoms with Crippen LogP contribution >= 0.6 is 0 Å². The summed E-state index contributed by atoms with van der Waals surface area (Å²) in [6.45, 7) is 2.42. The van der Waals surface area contributed by atoms with Gasteiger partial charge in [-0.25, -0.2) is 0 Å². The van der Waals surface area contributed by atoms with E-state index in [0.717, 1.165) is 36.6 Å². The highest BCUT2D eigenvalue weighted by atomic mass is 16.5. The molecule has 2 aliphatic heterocycles. The van der Waals surface area contributed by atoms with E-state index in [4.69, 9.17) is 4.74 Å². The molecule has 22 heavy (non-hydrogen) atoms. The van der Waals surface area contributed by atoms with Crippen molar-refractivity contribution < 1.29 is 9.53 Å². The van der Waals surface area contributed by atoms with E-state index in [-0.39, 0.29) is 11.3 Å². The molecule has 4 heteroatoms. The second-order valence-electron chi connectivity index (χ2n) is 6.08. The second-order valence-corrected chi connectivity index (χ2v) is 6.08. The number of ether oxygens (including phenoxy) is 1. The molecule has 112 valence electrons. The third-order valence-corrected chi connectivity index (χ3v) is 4.68. The number of methoxy groups -OCH3 is 1. The number of para-hydroxylation sites is 1. The van der Waals surface area contributed by atoms with E-state index in [0.29, 0.717) is 0 Å². The number of rotatable bonds is 3. The fourth-order valence-electron chi connectivity index (χ4n) is 3.51. The Balaban J connectivity index is 1.48. The molecule has 0 saturated carbocycles. The van der Waals surface area contributed by atoms with Crippen molar-refractivity contribution in [3.63, 3.8) is 0 Å². The SMILES string of the molecule is COc1ccc(CN2CC3(C2)C(=O)Nc2ccccc23)cc1. The van der Waals surface area contributed by atoms with Crippen LogP contribution in [0.4, 0.5) is 5.69 Å². The third-order valence-electron chi connectivity index (χ3n) is 4.68. The zero-order valence-corrected chi connectivity index (χ0v) is 12.5. The molecular weight excluding hydrogens is 276 g/mol. The van der Waals surface area contributed by atoms with E-state index >= 15 is 0 Å². The number of carbonyl (C=O) groups is 1. The fraction of sp³-hybridized carbons (Fsp3) is 0.278. The number of likely N-dealkylation sites (tertiary alicyclic amines) is 1. The van der Waals surface area contributed by atoms with Crippen LogP contribution in [0.1, 0.15) is 11.1 Å². The molecule has 1 fully saturated rings. The average molecular weight is 294 g/mol.